The summed E-state index contributed by atoms with van der Waals surface area (Å²) in [5.41, 5.74) is -1.85. The highest BCUT2D eigenvalue weighted by Gasteiger charge is 2.30. The number of nitrogens with zero attached hydrogens (tertiary/aromatic N) is 1. The summed E-state index contributed by atoms with van der Waals surface area (Å²) < 4.78 is 18.1. The van der Waals surface area contributed by atoms with Crippen molar-refractivity contribution in [3.05, 3.63) is 25.3 Å². The second kappa shape index (κ2) is 13.5. The van der Waals surface area contributed by atoms with E-state index in [0.717, 1.165) is 0 Å². The zero-order valence-corrected chi connectivity index (χ0v) is 22.4. The minimum atomic E-state index is -0.879. The number of ketones is 2. The van der Waals surface area contributed by atoms with Gasteiger partial charge < -0.3 is 14.2 Å². The molecule has 0 spiro atoms. The van der Waals surface area contributed by atoms with Crippen LogP contribution in [0.1, 0.15) is 68.2 Å². The molecule has 7 heteroatoms. The Bertz CT molecular complexity index is 651. The van der Waals surface area contributed by atoms with Gasteiger partial charge in [-0.3, -0.25) is 14.4 Å². The molecule has 33 heavy (non-hydrogen) atoms. The number of likely N-dealkylation sites (N-methyl/N-ethyl adjacent to an activating group) is 1. The summed E-state index contributed by atoms with van der Waals surface area (Å²) >= 11 is 0. The van der Waals surface area contributed by atoms with Crippen molar-refractivity contribution in [2.24, 2.45) is 5.41 Å². The van der Waals surface area contributed by atoms with Crippen molar-refractivity contribution in [3.63, 3.8) is 0 Å². The van der Waals surface area contributed by atoms with E-state index in [1.807, 2.05) is 27.7 Å². The Hall–Kier alpha value is -1.38. The minimum absolute atomic E-state index is 0.0850. The monoisotopic (exact) mass is 469 g/mol. The Labute approximate surface area is 201 Å². The fourth-order valence-corrected chi connectivity index (χ4v) is 2.61. The van der Waals surface area contributed by atoms with Gasteiger partial charge in [-0.15, -0.1) is 0 Å². The van der Waals surface area contributed by atoms with Crippen LogP contribution in [0.2, 0.25) is 0 Å². The zero-order chi connectivity index (χ0) is 25.9. The Kier molecular flexibility index (Phi) is 12.9. The average Bonchev–Trinajstić information content (AvgIpc) is 2.70. The summed E-state index contributed by atoms with van der Waals surface area (Å²) in [6.45, 7) is 24.9. The first-order valence-corrected chi connectivity index (χ1v) is 11.5. The molecule has 0 radical (unpaired) electrons. The molecule has 0 unspecified atom stereocenters. The first-order valence-electron chi connectivity index (χ1n) is 11.5. The first kappa shape index (κ1) is 31.6. The predicted molar refractivity (Wildman–Crippen MR) is 132 cm³/mol. The highest BCUT2D eigenvalue weighted by atomic mass is 16.7. The molecule has 0 aliphatic carbocycles. The molecule has 0 fully saturated rings. The van der Waals surface area contributed by atoms with Crippen LogP contribution < -0.4 is 0 Å². The highest BCUT2D eigenvalue weighted by molar-refractivity contribution is 5.95. The zero-order valence-electron chi connectivity index (χ0n) is 22.4. The molecule has 0 aromatic carbocycles. The second-order valence-corrected chi connectivity index (χ2v) is 11.0. The van der Waals surface area contributed by atoms with Crippen LogP contribution in [0.4, 0.5) is 0 Å². The van der Waals surface area contributed by atoms with Crippen molar-refractivity contribution in [3.8, 4) is 0 Å². The van der Waals surface area contributed by atoms with Crippen molar-refractivity contribution in [1.82, 2.24) is 5.06 Å². The van der Waals surface area contributed by atoms with Crippen LogP contribution in [0.15, 0.2) is 25.3 Å². The maximum Gasteiger partial charge on any atom is 0.186 e. The standard InChI is InChI=1S/C26H47NO6/c1-12-21(28)18-27(11)33-17-15-25(7,8)32-20-23(3,4)19-31-24(5,6)14-16-30-26(9,10)22(29)13-2/h12-13H,1-2,14-20H2,3-11H3. The second-order valence-electron chi connectivity index (χ2n) is 11.0. The van der Waals surface area contributed by atoms with E-state index in [9.17, 15) is 9.59 Å². The lowest BCUT2D eigenvalue weighted by atomic mass is 9.94. The fraction of sp³-hybridized carbons (Fsp3) is 0.769. The first-order chi connectivity index (χ1) is 15.0. The lowest BCUT2D eigenvalue weighted by Crippen LogP contribution is -2.39. The lowest BCUT2D eigenvalue weighted by molar-refractivity contribution is -0.165. The third-order valence-electron chi connectivity index (χ3n) is 5.28. The number of ether oxygens (including phenoxy) is 3. The molecule has 0 aliphatic rings. The molecule has 192 valence electrons. The van der Waals surface area contributed by atoms with Crippen molar-refractivity contribution in [2.45, 2.75) is 85.0 Å². The average molecular weight is 470 g/mol. The summed E-state index contributed by atoms with van der Waals surface area (Å²) in [5, 5.41) is 1.51. The van der Waals surface area contributed by atoms with Gasteiger partial charge in [-0.1, -0.05) is 27.0 Å². The van der Waals surface area contributed by atoms with Crippen molar-refractivity contribution in [1.29, 1.82) is 0 Å². The third kappa shape index (κ3) is 14.5. The normalized spacial score (nSPS) is 13.3. The number of hydroxylamine groups is 2. The van der Waals surface area contributed by atoms with E-state index in [0.29, 0.717) is 39.3 Å². The highest BCUT2D eigenvalue weighted by Crippen LogP contribution is 2.26. The summed E-state index contributed by atoms with van der Waals surface area (Å²) in [4.78, 5) is 28.8. The number of hydrogen-bond donors (Lipinski definition) is 0. The lowest BCUT2D eigenvalue weighted by Gasteiger charge is -2.35. The minimum Gasteiger partial charge on any atom is -0.375 e. The maximum atomic E-state index is 11.8. The Morgan fingerprint density at radius 3 is 1.73 bits per heavy atom. The summed E-state index contributed by atoms with van der Waals surface area (Å²) in [6, 6.07) is 0. The number of carbonyl (C=O) groups is 2. The van der Waals surface area contributed by atoms with Crippen LogP contribution in [0, 0.1) is 5.41 Å². The largest absolute Gasteiger partial charge is 0.375 e. The summed E-state index contributed by atoms with van der Waals surface area (Å²) in [7, 11) is 1.72. The van der Waals surface area contributed by atoms with Crippen LogP contribution in [-0.4, -0.2) is 73.5 Å². The number of carbonyl (C=O) groups excluding carboxylic acids is 2. The van der Waals surface area contributed by atoms with Gasteiger partial charge in [0.2, 0.25) is 0 Å². The van der Waals surface area contributed by atoms with Gasteiger partial charge in [-0.2, -0.15) is 5.06 Å². The van der Waals surface area contributed by atoms with E-state index in [1.54, 1.807) is 20.9 Å². The van der Waals surface area contributed by atoms with E-state index in [2.05, 4.69) is 27.0 Å². The van der Waals surface area contributed by atoms with Crippen molar-refractivity contribution < 1.29 is 28.6 Å². The smallest absolute Gasteiger partial charge is 0.186 e. The van der Waals surface area contributed by atoms with Gasteiger partial charge in [-0.05, 0) is 60.1 Å². The van der Waals surface area contributed by atoms with Crippen molar-refractivity contribution >= 4 is 11.6 Å². The number of rotatable bonds is 19. The molecule has 0 amide bonds. The SMILES string of the molecule is C=CC(=O)CN(C)OCCC(C)(C)OCC(C)(C)COC(C)(C)CCOC(C)(C)C(=O)C=C. The van der Waals surface area contributed by atoms with Gasteiger partial charge in [-0.25, -0.2) is 0 Å². The van der Waals surface area contributed by atoms with Gasteiger partial charge in [0.25, 0.3) is 0 Å². The topological polar surface area (TPSA) is 74.3 Å². The third-order valence-corrected chi connectivity index (χ3v) is 5.28. The molecule has 0 heterocycles. The van der Waals surface area contributed by atoms with E-state index in [-0.39, 0.29) is 29.1 Å². The molecule has 0 N–H and O–H groups in total. The Morgan fingerprint density at radius 2 is 1.27 bits per heavy atom. The summed E-state index contributed by atoms with van der Waals surface area (Å²) in [5.74, 6) is -0.220. The molecule has 0 saturated heterocycles. The van der Waals surface area contributed by atoms with E-state index < -0.39 is 11.2 Å². The van der Waals surface area contributed by atoms with Crippen LogP contribution in [0.3, 0.4) is 0 Å². The van der Waals surface area contributed by atoms with E-state index >= 15 is 0 Å². The van der Waals surface area contributed by atoms with Gasteiger partial charge in [0.1, 0.15) is 5.60 Å². The van der Waals surface area contributed by atoms with E-state index in [4.69, 9.17) is 19.0 Å². The Morgan fingerprint density at radius 1 is 0.788 bits per heavy atom. The molecule has 0 rings (SSSR count). The van der Waals surface area contributed by atoms with Gasteiger partial charge in [0, 0.05) is 18.9 Å². The van der Waals surface area contributed by atoms with Crippen LogP contribution in [0.25, 0.3) is 0 Å². The molecule has 0 aromatic heterocycles. The van der Waals surface area contributed by atoms with Crippen LogP contribution in [0.5, 0.6) is 0 Å². The Balaban J connectivity index is 4.43. The van der Waals surface area contributed by atoms with Gasteiger partial charge in [0.05, 0.1) is 44.2 Å². The molecular formula is C26H47NO6. The molecule has 0 atom stereocenters. The quantitative estimate of drug-likeness (QED) is 0.203. The molecule has 0 aliphatic heterocycles. The van der Waals surface area contributed by atoms with Crippen LogP contribution in [-0.2, 0) is 28.6 Å². The molecule has 0 saturated carbocycles. The maximum absolute atomic E-state index is 11.8. The van der Waals surface area contributed by atoms with Gasteiger partial charge >= 0.3 is 0 Å². The van der Waals surface area contributed by atoms with Gasteiger partial charge in [0.15, 0.2) is 11.6 Å². The summed E-state index contributed by atoms with van der Waals surface area (Å²) in [6.07, 6.45) is 3.91. The van der Waals surface area contributed by atoms with Crippen molar-refractivity contribution in [2.75, 3.05) is 40.0 Å². The number of hydrogen-bond acceptors (Lipinski definition) is 7. The molecular weight excluding hydrogens is 422 g/mol. The molecule has 0 aromatic rings. The molecule has 0 bridgehead atoms. The van der Waals surface area contributed by atoms with E-state index in [1.165, 1.54) is 17.2 Å². The van der Waals surface area contributed by atoms with Crippen LogP contribution >= 0.6 is 0 Å². The fourth-order valence-electron chi connectivity index (χ4n) is 2.61. The predicted octanol–water partition coefficient (Wildman–Crippen LogP) is 4.55. The molecule has 7 nitrogen and oxygen atoms in total.